The molecule has 64 valence electrons. The maximum Gasteiger partial charge on any atom is 0.157 e. The highest BCUT2D eigenvalue weighted by Crippen LogP contribution is 2.24. The molecule has 0 aliphatic carbocycles. The van der Waals surface area contributed by atoms with Gasteiger partial charge in [-0.3, -0.25) is 0 Å². The molecule has 0 spiro atoms. The molecule has 4 heteroatoms. The van der Waals surface area contributed by atoms with Crippen LogP contribution >= 0.6 is 0 Å². The fourth-order valence-corrected chi connectivity index (χ4v) is 3.36. The second-order valence-electron chi connectivity index (χ2n) is 2.86. The average molecular weight is 175 g/mol. The van der Waals surface area contributed by atoms with Crippen molar-refractivity contribution in [1.29, 1.82) is 0 Å². The van der Waals surface area contributed by atoms with Crippen LogP contribution in [0.3, 0.4) is 0 Å². The van der Waals surface area contributed by atoms with Gasteiger partial charge in [-0.15, -0.1) is 0 Å². The van der Waals surface area contributed by atoms with Crippen molar-refractivity contribution < 1.29 is 8.42 Å². The van der Waals surface area contributed by atoms with E-state index in [2.05, 4.69) is 6.58 Å². The van der Waals surface area contributed by atoms with Gasteiger partial charge in [-0.2, -0.15) is 0 Å². The zero-order chi connectivity index (χ0) is 8.48. The van der Waals surface area contributed by atoms with E-state index in [-0.39, 0.29) is 11.8 Å². The van der Waals surface area contributed by atoms with Crippen molar-refractivity contribution in [1.82, 2.24) is 0 Å². The lowest BCUT2D eigenvalue weighted by Gasteiger charge is -2.09. The van der Waals surface area contributed by atoms with Gasteiger partial charge in [0.25, 0.3) is 0 Å². The first-order valence-electron chi connectivity index (χ1n) is 3.67. The van der Waals surface area contributed by atoms with Crippen LogP contribution in [0.1, 0.15) is 12.8 Å². The van der Waals surface area contributed by atoms with Crippen LogP contribution in [0.4, 0.5) is 0 Å². The van der Waals surface area contributed by atoms with Crippen LogP contribution in [0.2, 0.25) is 0 Å². The molecule has 0 aromatic heterocycles. The monoisotopic (exact) mass is 175 g/mol. The van der Waals surface area contributed by atoms with Gasteiger partial charge in [-0.25, -0.2) is 8.42 Å². The molecular weight excluding hydrogens is 162 g/mol. The van der Waals surface area contributed by atoms with E-state index in [0.29, 0.717) is 17.7 Å². The van der Waals surface area contributed by atoms with Gasteiger partial charge in [0.05, 0.1) is 11.0 Å². The predicted octanol–water partition coefficient (Wildman–Crippen LogP) is 0.0785. The first kappa shape index (κ1) is 8.74. The van der Waals surface area contributed by atoms with Crippen LogP contribution in [0.5, 0.6) is 0 Å². The third kappa shape index (κ3) is 1.62. The summed E-state index contributed by atoms with van der Waals surface area (Å²) in [5.74, 6) is 0.302. The Bertz CT molecular complexity index is 256. The molecule has 1 rings (SSSR count). The Morgan fingerprint density at radius 1 is 1.64 bits per heavy atom. The van der Waals surface area contributed by atoms with E-state index in [0.717, 1.165) is 6.42 Å². The molecule has 1 aliphatic rings. The fourth-order valence-electron chi connectivity index (χ4n) is 1.38. The molecule has 0 bridgehead atoms. The minimum Gasteiger partial charge on any atom is -0.327 e. The Morgan fingerprint density at radius 2 is 2.27 bits per heavy atom. The lowest BCUT2D eigenvalue weighted by atomic mass is 10.1. The Balaban J connectivity index is 2.82. The van der Waals surface area contributed by atoms with Crippen LogP contribution in [0.15, 0.2) is 12.2 Å². The molecule has 2 N–H and O–H groups in total. The summed E-state index contributed by atoms with van der Waals surface area (Å²) in [6.07, 6.45) is 1.46. The van der Waals surface area contributed by atoms with Crippen LogP contribution in [0.25, 0.3) is 0 Å². The molecule has 11 heavy (non-hydrogen) atoms. The van der Waals surface area contributed by atoms with Gasteiger partial charge in [-0.05, 0) is 18.4 Å². The van der Waals surface area contributed by atoms with Gasteiger partial charge in [0.15, 0.2) is 9.84 Å². The van der Waals surface area contributed by atoms with Crippen LogP contribution < -0.4 is 5.73 Å². The largest absolute Gasteiger partial charge is 0.327 e. The molecule has 1 heterocycles. The van der Waals surface area contributed by atoms with Gasteiger partial charge in [-0.1, -0.05) is 6.58 Å². The van der Waals surface area contributed by atoms with Crippen molar-refractivity contribution in [2.45, 2.75) is 18.1 Å². The molecule has 0 radical (unpaired) electrons. The molecule has 1 fully saturated rings. The minimum absolute atomic E-state index is 0.282. The highest BCUT2D eigenvalue weighted by Gasteiger charge is 2.32. The Morgan fingerprint density at radius 3 is 2.64 bits per heavy atom. The standard InChI is InChI=1S/C7H13NO2S/c1-6(5-8)7-3-2-4-11(7,9)10/h7H,1-5,8H2. The second kappa shape index (κ2) is 2.95. The summed E-state index contributed by atoms with van der Waals surface area (Å²) >= 11 is 0. The van der Waals surface area contributed by atoms with E-state index in [9.17, 15) is 8.42 Å². The zero-order valence-electron chi connectivity index (χ0n) is 6.41. The van der Waals surface area contributed by atoms with Crippen LogP contribution in [0, 0.1) is 0 Å². The molecule has 0 amide bonds. The number of hydrogen-bond donors (Lipinski definition) is 1. The third-order valence-corrected chi connectivity index (χ3v) is 4.34. The zero-order valence-corrected chi connectivity index (χ0v) is 7.23. The molecule has 1 atom stereocenters. The maximum atomic E-state index is 11.2. The van der Waals surface area contributed by atoms with Crippen molar-refractivity contribution in [3.8, 4) is 0 Å². The molecule has 1 aliphatic heterocycles. The highest BCUT2D eigenvalue weighted by molar-refractivity contribution is 7.92. The Hall–Kier alpha value is -0.350. The average Bonchev–Trinajstić information content (AvgIpc) is 2.28. The van der Waals surface area contributed by atoms with Crippen molar-refractivity contribution in [2.24, 2.45) is 5.73 Å². The van der Waals surface area contributed by atoms with Gasteiger partial charge >= 0.3 is 0 Å². The van der Waals surface area contributed by atoms with Crippen LogP contribution in [-0.2, 0) is 9.84 Å². The molecule has 0 aromatic carbocycles. The fraction of sp³-hybridized carbons (Fsp3) is 0.714. The Kier molecular flexibility index (Phi) is 2.34. The summed E-state index contributed by atoms with van der Waals surface area (Å²) in [7, 11) is -2.88. The smallest absolute Gasteiger partial charge is 0.157 e. The summed E-state index contributed by atoms with van der Waals surface area (Å²) in [5.41, 5.74) is 5.96. The van der Waals surface area contributed by atoms with Gasteiger partial charge in [0, 0.05) is 6.54 Å². The summed E-state index contributed by atoms with van der Waals surface area (Å²) in [6.45, 7) is 3.93. The number of nitrogens with two attached hydrogens (primary N) is 1. The summed E-state index contributed by atoms with van der Waals surface area (Å²) in [6, 6.07) is 0. The van der Waals surface area contributed by atoms with Crippen LogP contribution in [-0.4, -0.2) is 26.0 Å². The van der Waals surface area contributed by atoms with Crippen molar-refractivity contribution in [3.05, 3.63) is 12.2 Å². The van der Waals surface area contributed by atoms with E-state index in [4.69, 9.17) is 5.73 Å². The molecular formula is C7H13NO2S. The van der Waals surface area contributed by atoms with Gasteiger partial charge < -0.3 is 5.73 Å². The molecule has 0 saturated carbocycles. The summed E-state index contributed by atoms with van der Waals surface area (Å²) in [5, 5.41) is -0.354. The minimum atomic E-state index is -2.88. The number of rotatable bonds is 2. The van der Waals surface area contributed by atoms with Crippen molar-refractivity contribution in [3.63, 3.8) is 0 Å². The summed E-state index contributed by atoms with van der Waals surface area (Å²) in [4.78, 5) is 0. The maximum absolute atomic E-state index is 11.2. The summed E-state index contributed by atoms with van der Waals surface area (Å²) < 4.78 is 22.5. The van der Waals surface area contributed by atoms with E-state index >= 15 is 0 Å². The third-order valence-electron chi connectivity index (χ3n) is 2.05. The second-order valence-corrected chi connectivity index (χ2v) is 5.16. The molecule has 1 saturated heterocycles. The normalized spacial score (nSPS) is 28.6. The van der Waals surface area contributed by atoms with E-state index in [1.165, 1.54) is 0 Å². The molecule has 1 unspecified atom stereocenters. The highest BCUT2D eigenvalue weighted by atomic mass is 32.2. The quantitative estimate of drug-likeness (QED) is 0.604. The Labute approximate surface area is 67.2 Å². The predicted molar refractivity (Wildman–Crippen MR) is 45.0 cm³/mol. The first-order chi connectivity index (χ1) is 5.08. The van der Waals surface area contributed by atoms with E-state index < -0.39 is 9.84 Å². The molecule has 3 nitrogen and oxygen atoms in total. The van der Waals surface area contributed by atoms with Crippen molar-refractivity contribution >= 4 is 9.84 Å². The number of hydrogen-bond acceptors (Lipinski definition) is 3. The van der Waals surface area contributed by atoms with Crippen molar-refractivity contribution in [2.75, 3.05) is 12.3 Å². The topological polar surface area (TPSA) is 60.2 Å². The molecule has 0 aromatic rings. The lowest BCUT2D eigenvalue weighted by Crippen LogP contribution is -2.22. The lowest BCUT2D eigenvalue weighted by molar-refractivity contribution is 0.595. The number of sulfone groups is 1. The van der Waals surface area contributed by atoms with Gasteiger partial charge in [0.1, 0.15) is 0 Å². The van der Waals surface area contributed by atoms with E-state index in [1.807, 2.05) is 0 Å². The SMILES string of the molecule is C=C(CN)C1CCCS1(=O)=O. The first-order valence-corrected chi connectivity index (χ1v) is 5.39. The van der Waals surface area contributed by atoms with E-state index in [1.54, 1.807) is 0 Å². The van der Waals surface area contributed by atoms with Gasteiger partial charge in [0.2, 0.25) is 0 Å².